The molecule has 0 saturated heterocycles. The van der Waals surface area contributed by atoms with Gasteiger partial charge in [-0.1, -0.05) is 11.6 Å². The van der Waals surface area contributed by atoms with E-state index < -0.39 is 6.10 Å². The van der Waals surface area contributed by atoms with Crippen LogP contribution in [0, 0.1) is 0 Å². The lowest BCUT2D eigenvalue weighted by Crippen LogP contribution is -2.17. The maximum Gasteiger partial charge on any atom is 0.0814 e. The highest BCUT2D eigenvalue weighted by Crippen LogP contribution is 2.15. The van der Waals surface area contributed by atoms with Crippen LogP contribution in [0.4, 0.5) is 0 Å². The quantitative estimate of drug-likeness (QED) is 0.798. The van der Waals surface area contributed by atoms with Crippen molar-refractivity contribution in [1.29, 1.82) is 0 Å². The molecule has 1 unspecified atom stereocenters. The van der Waals surface area contributed by atoms with Crippen LogP contribution in [0.3, 0.4) is 0 Å². The highest BCUT2D eigenvalue weighted by molar-refractivity contribution is 6.31. The van der Waals surface area contributed by atoms with E-state index in [1.165, 1.54) is 0 Å². The van der Waals surface area contributed by atoms with Gasteiger partial charge < -0.3 is 9.84 Å². The van der Waals surface area contributed by atoms with E-state index in [1.54, 1.807) is 25.6 Å². The van der Waals surface area contributed by atoms with Gasteiger partial charge in [-0.3, -0.25) is 4.98 Å². The molecule has 0 spiro atoms. The molecule has 3 nitrogen and oxygen atoms in total. The van der Waals surface area contributed by atoms with E-state index in [0.29, 0.717) is 18.1 Å². The molecule has 0 bridgehead atoms. The van der Waals surface area contributed by atoms with Gasteiger partial charge in [0, 0.05) is 25.9 Å². The van der Waals surface area contributed by atoms with Crippen LogP contribution in [-0.2, 0) is 11.2 Å². The third kappa shape index (κ3) is 3.30. The Balaban J connectivity index is 2.58. The van der Waals surface area contributed by atoms with Gasteiger partial charge in [-0.05, 0) is 11.6 Å². The maximum absolute atomic E-state index is 9.42. The van der Waals surface area contributed by atoms with Gasteiger partial charge in [0.1, 0.15) is 0 Å². The van der Waals surface area contributed by atoms with Crippen molar-refractivity contribution in [3.8, 4) is 0 Å². The van der Waals surface area contributed by atoms with Crippen molar-refractivity contribution in [2.24, 2.45) is 0 Å². The van der Waals surface area contributed by atoms with Crippen LogP contribution in [0.15, 0.2) is 18.5 Å². The average molecular weight is 202 g/mol. The van der Waals surface area contributed by atoms with Gasteiger partial charge in [0.15, 0.2) is 0 Å². The molecule has 0 aliphatic carbocycles. The molecule has 13 heavy (non-hydrogen) atoms. The van der Waals surface area contributed by atoms with E-state index in [0.717, 1.165) is 5.56 Å². The normalized spacial score (nSPS) is 12.8. The number of ether oxygens (including phenoxy) is 1. The zero-order chi connectivity index (χ0) is 9.68. The van der Waals surface area contributed by atoms with E-state index in [-0.39, 0.29) is 0 Å². The predicted octanol–water partition coefficient (Wildman–Crippen LogP) is 1.28. The van der Waals surface area contributed by atoms with Crippen LogP contribution in [0.1, 0.15) is 5.56 Å². The molecule has 1 N–H and O–H groups in total. The lowest BCUT2D eigenvalue weighted by atomic mass is 10.1. The average Bonchev–Trinajstić information content (AvgIpc) is 2.09. The Labute approximate surface area is 82.3 Å². The zero-order valence-electron chi connectivity index (χ0n) is 7.40. The number of methoxy groups -OCH3 is 1. The first kappa shape index (κ1) is 10.4. The van der Waals surface area contributed by atoms with Crippen molar-refractivity contribution in [1.82, 2.24) is 4.98 Å². The number of aromatic nitrogens is 1. The SMILES string of the molecule is COCC(O)Cc1ccncc1Cl. The van der Waals surface area contributed by atoms with Crippen LogP contribution in [0.5, 0.6) is 0 Å². The third-order valence-corrected chi connectivity index (χ3v) is 2.01. The first-order chi connectivity index (χ1) is 6.24. The molecular weight excluding hydrogens is 190 g/mol. The van der Waals surface area contributed by atoms with E-state index in [9.17, 15) is 5.11 Å². The summed E-state index contributed by atoms with van der Waals surface area (Å²) in [4.78, 5) is 3.85. The highest BCUT2D eigenvalue weighted by atomic mass is 35.5. The largest absolute Gasteiger partial charge is 0.390 e. The fourth-order valence-electron chi connectivity index (χ4n) is 1.07. The number of pyridine rings is 1. The lowest BCUT2D eigenvalue weighted by Gasteiger charge is -2.09. The number of nitrogens with zero attached hydrogens (tertiary/aromatic N) is 1. The summed E-state index contributed by atoms with van der Waals surface area (Å²) in [7, 11) is 1.55. The molecule has 0 aliphatic heterocycles. The number of hydrogen-bond donors (Lipinski definition) is 1. The summed E-state index contributed by atoms with van der Waals surface area (Å²) in [5.74, 6) is 0. The molecule has 1 rings (SSSR count). The van der Waals surface area contributed by atoms with Crippen LogP contribution >= 0.6 is 11.6 Å². The molecule has 0 radical (unpaired) electrons. The van der Waals surface area contributed by atoms with Gasteiger partial charge in [0.25, 0.3) is 0 Å². The first-order valence-corrected chi connectivity index (χ1v) is 4.37. The molecule has 0 aliphatic rings. The topological polar surface area (TPSA) is 42.4 Å². The summed E-state index contributed by atoms with van der Waals surface area (Å²) in [6.45, 7) is 0.318. The fourth-order valence-corrected chi connectivity index (χ4v) is 1.27. The van der Waals surface area contributed by atoms with E-state index in [2.05, 4.69) is 4.98 Å². The monoisotopic (exact) mass is 201 g/mol. The number of halogens is 1. The second kappa shape index (κ2) is 5.17. The highest BCUT2D eigenvalue weighted by Gasteiger charge is 2.07. The Morgan fingerprint density at radius 1 is 1.69 bits per heavy atom. The fraction of sp³-hybridized carbons (Fsp3) is 0.444. The molecule has 4 heteroatoms. The number of aliphatic hydroxyl groups is 1. The maximum atomic E-state index is 9.42. The van der Waals surface area contributed by atoms with Gasteiger partial charge >= 0.3 is 0 Å². The minimum Gasteiger partial charge on any atom is -0.390 e. The van der Waals surface area contributed by atoms with Gasteiger partial charge in [0.05, 0.1) is 17.7 Å². The zero-order valence-corrected chi connectivity index (χ0v) is 8.16. The summed E-state index contributed by atoms with van der Waals surface area (Å²) in [5.41, 5.74) is 0.890. The molecule has 72 valence electrons. The molecule has 0 saturated carbocycles. The van der Waals surface area contributed by atoms with Crippen molar-refractivity contribution in [3.63, 3.8) is 0 Å². The van der Waals surface area contributed by atoms with E-state index in [1.807, 2.05) is 0 Å². The van der Waals surface area contributed by atoms with E-state index >= 15 is 0 Å². The van der Waals surface area contributed by atoms with Crippen molar-refractivity contribution in [2.45, 2.75) is 12.5 Å². The van der Waals surface area contributed by atoms with E-state index in [4.69, 9.17) is 16.3 Å². The molecule has 0 fully saturated rings. The van der Waals surface area contributed by atoms with Crippen LogP contribution in [-0.4, -0.2) is 29.9 Å². The Hall–Kier alpha value is -0.640. The number of rotatable bonds is 4. The minimum atomic E-state index is -0.509. The summed E-state index contributed by atoms with van der Waals surface area (Å²) < 4.78 is 4.81. The Morgan fingerprint density at radius 2 is 2.46 bits per heavy atom. The van der Waals surface area contributed by atoms with Crippen molar-refractivity contribution < 1.29 is 9.84 Å². The van der Waals surface area contributed by atoms with Crippen molar-refractivity contribution in [3.05, 3.63) is 29.0 Å². The second-order valence-electron chi connectivity index (χ2n) is 2.78. The van der Waals surface area contributed by atoms with Gasteiger partial charge in [0.2, 0.25) is 0 Å². The molecule has 1 heterocycles. The molecule has 0 amide bonds. The molecule has 1 aromatic heterocycles. The summed E-state index contributed by atoms with van der Waals surface area (Å²) in [6, 6.07) is 1.79. The van der Waals surface area contributed by atoms with Crippen LogP contribution in [0.2, 0.25) is 5.02 Å². The Kier molecular flexibility index (Phi) is 4.15. The standard InChI is InChI=1S/C9H12ClNO2/c1-13-6-8(12)4-7-2-3-11-5-9(7)10/h2-3,5,8,12H,4,6H2,1H3. The summed E-state index contributed by atoms with van der Waals surface area (Å²) in [5, 5.41) is 10.0. The second-order valence-corrected chi connectivity index (χ2v) is 3.19. The summed E-state index contributed by atoms with van der Waals surface area (Å²) >= 11 is 5.85. The Morgan fingerprint density at radius 3 is 3.08 bits per heavy atom. The number of hydrogen-bond acceptors (Lipinski definition) is 3. The van der Waals surface area contributed by atoms with Gasteiger partial charge in [-0.25, -0.2) is 0 Å². The smallest absolute Gasteiger partial charge is 0.0814 e. The Bertz CT molecular complexity index is 268. The van der Waals surface area contributed by atoms with Crippen molar-refractivity contribution in [2.75, 3.05) is 13.7 Å². The minimum absolute atomic E-state index is 0.318. The molecule has 0 aromatic carbocycles. The molecular formula is C9H12ClNO2. The van der Waals surface area contributed by atoms with Crippen LogP contribution in [0.25, 0.3) is 0 Å². The molecule has 1 atom stereocenters. The predicted molar refractivity (Wildman–Crippen MR) is 50.8 cm³/mol. The summed E-state index contributed by atoms with van der Waals surface area (Å²) in [6.07, 6.45) is 3.21. The molecule has 1 aromatic rings. The van der Waals surface area contributed by atoms with Crippen molar-refractivity contribution >= 4 is 11.6 Å². The third-order valence-electron chi connectivity index (χ3n) is 1.67. The lowest BCUT2D eigenvalue weighted by molar-refractivity contribution is 0.0650. The van der Waals surface area contributed by atoms with Gasteiger partial charge in [-0.15, -0.1) is 0 Å². The first-order valence-electron chi connectivity index (χ1n) is 3.99. The van der Waals surface area contributed by atoms with Crippen LogP contribution < -0.4 is 0 Å². The van der Waals surface area contributed by atoms with Gasteiger partial charge in [-0.2, -0.15) is 0 Å². The number of aliphatic hydroxyl groups excluding tert-OH is 1.